The third-order valence-electron chi connectivity index (χ3n) is 4.84. The molecule has 0 bridgehead atoms. The van der Waals surface area contributed by atoms with E-state index in [0.717, 1.165) is 5.56 Å². The van der Waals surface area contributed by atoms with Crippen molar-refractivity contribution in [3.63, 3.8) is 0 Å². The lowest BCUT2D eigenvalue weighted by Crippen LogP contribution is -2.43. The Labute approximate surface area is 169 Å². The first-order valence-corrected chi connectivity index (χ1v) is 9.51. The van der Waals surface area contributed by atoms with Crippen LogP contribution < -0.4 is 10.9 Å². The average molecular weight is 394 g/mol. The first-order chi connectivity index (χ1) is 13.5. The largest absolute Gasteiger partial charge is 0.375 e. The zero-order valence-electron chi connectivity index (χ0n) is 17.4. The normalized spacial score (nSPS) is 13.9. The van der Waals surface area contributed by atoms with Crippen LogP contribution in [0.5, 0.6) is 0 Å². The van der Waals surface area contributed by atoms with Gasteiger partial charge in [-0.2, -0.15) is 0 Å². The molecule has 3 aromatic rings. The molecule has 6 heteroatoms. The van der Waals surface area contributed by atoms with Crippen molar-refractivity contribution in [2.45, 2.75) is 46.6 Å². The van der Waals surface area contributed by atoms with Crippen LogP contribution in [0.1, 0.15) is 44.0 Å². The number of hydrogen-bond acceptors (Lipinski definition) is 5. The molecule has 1 aromatic heterocycles. The van der Waals surface area contributed by atoms with E-state index in [0.29, 0.717) is 27.7 Å². The highest BCUT2D eigenvalue weighted by Crippen LogP contribution is 2.36. The van der Waals surface area contributed by atoms with E-state index < -0.39 is 17.1 Å². The number of aromatic nitrogens is 1. The van der Waals surface area contributed by atoms with Gasteiger partial charge in [0.15, 0.2) is 5.60 Å². The molecule has 2 aromatic carbocycles. The summed E-state index contributed by atoms with van der Waals surface area (Å²) in [6.07, 6.45) is 0.243. The van der Waals surface area contributed by atoms with Crippen molar-refractivity contribution >= 4 is 22.4 Å². The van der Waals surface area contributed by atoms with E-state index in [9.17, 15) is 14.7 Å². The Kier molecular flexibility index (Phi) is 5.32. The van der Waals surface area contributed by atoms with Crippen LogP contribution in [-0.2, 0) is 10.4 Å². The van der Waals surface area contributed by atoms with Gasteiger partial charge in [-0.1, -0.05) is 55.8 Å². The molecule has 29 heavy (non-hydrogen) atoms. The van der Waals surface area contributed by atoms with Gasteiger partial charge in [0.1, 0.15) is 0 Å². The zero-order chi connectivity index (χ0) is 21.4. The summed E-state index contributed by atoms with van der Waals surface area (Å²) in [6.45, 7) is 9.60. The highest BCUT2D eigenvalue weighted by molar-refractivity contribution is 5.99. The molecule has 0 aliphatic rings. The lowest BCUT2D eigenvalue weighted by atomic mass is 9.77. The molecule has 0 fully saturated rings. The van der Waals surface area contributed by atoms with Gasteiger partial charge >= 0.3 is 5.63 Å². The minimum Gasteiger partial charge on any atom is -0.375 e. The summed E-state index contributed by atoms with van der Waals surface area (Å²) >= 11 is 0. The molecule has 1 heterocycles. The standard InChI is InChI=1S/C23H26N2O4/c1-14-6-8-16(9-7-14)23(28,13-22(3,4)5)21(27)24-17-10-11-18-19(12-17)15(2)25-29-20(18)26/h6-12,28H,13H2,1-5H3,(H,24,27). The lowest BCUT2D eigenvalue weighted by molar-refractivity contribution is -0.138. The summed E-state index contributed by atoms with van der Waals surface area (Å²) in [4.78, 5) is 25.1. The van der Waals surface area contributed by atoms with Crippen molar-refractivity contribution in [3.05, 3.63) is 69.7 Å². The van der Waals surface area contributed by atoms with Gasteiger partial charge in [-0.3, -0.25) is 4.79 Å². The number of benzene rings is 2. The van der Waals surface area contributed by atoms with E-state index in [2.05, 4.69) is 10.5 Å². The lowest BCUT2D eigenvalue weighted by Gasteiger charge is -2.33. The number of aryl methyl sites for hydroxylation is 2. The van der Waals surface area contributed by atoms with Crippen molar-refractivity contribution < 1.29 is 14.4 Å². The van der Waals surface area contributed by atoms with E-state index in [1.807, 2.05) is 39.8 Å². The second-order valence-corrected chi connectivity index (χ2v) is 8.73. The summed E-state index contributed by atoms with van der Waals surface area (Å²) in [5.74, 6) is -0.524. The summed E-state index contributed by atoms with van der Waals surface area (Å²) in [7, 11) is 0. The smallest absolute Gasteiger partial charge is 0.366 e. The van der Waals surface area contributed by atoms with Gasteiger partial charge in [-0.15, -0.1) is 0 Å². The first kappa shape index (κ1) is 20.7. The molecule has 3 rings (SSSR count). The van der Waals surface area contributed by atoms with Crippen molar-refractivity contribution in [1.29, 1.82) is 0 Å². The Morgan fingerprint density at radius 1 is 1.07 bits per heavy atom. The second kappa shape index (κ2) is 7.44. The second-order valence-electron chi connectivity index (χ2n) is 8.73. The van der Waals surface area contributed by atoms with Crippen molar-refractivity contribution in [2.24, 2.45) is 5.41 Å². The number of nitrogens with one attached hydrogen (secondary N) is 1. The Morgan fingerprint density at radius 3 is 2.34 bits per heavy atom. The highest BCUT2D eigenvalue weighted by atomic mass is 16.5. The van der Waals surface area contributed by atoms with Gasteiger partial charge in [-0.25, -0.2) is 4.79 Å². The van der Waals surface area contributed by atoms with Gasteiger partial charge in [0.05, 0.1) is 11.1 Å². The van der Waals surface area contributed by atoms with Crippen LogP contribution in [-0.4, -0.2) is 16.2 Å². The molecule has 6 nitrogen and oxygen atoms in total. The van der Waals surface area contributed by atoms with Gasteiger partial charge in [-0.05, 0) is 49.4 Å². The highest BCUT2D eigenvalue weighted by Gasteiger charge is 2.41. The number of anilines is 1. The maximum atomic E-state index is 13.2. The van der Waals surface area contributed by atoms with Crippen LogP contribution in [0.3, 0.4) is 0 Å². The number of carbonyl (C=O) groups is 1. The molecule has 2 N–H and O–H groups in total. The third-order valence-corrected chi connectivity index (χ3v) is 4.84. The van der Waals surface area contributed by atoms with Crippen molar-refractivity contribution in [1.82, 2.24) is 5.16 Å². The van der Waals surface area contributed by atoms with E-state index >= 15 is 0 Å². The minimum atomic E-state index is -1.70. The first-order valence-electron chi connectivity index (χ1n) is 9.51. The van der Waals surface area contributed by atoms with Crippen LogP contribution >= 0.6 is 0 Å². The average Bonchev–Trinajstić information content (AvgIpc) is 2.64. The van der Waals surface area contributed by atoms with E-state index in [1.54, 1.807) is 37.3 Å². The Balaban J connectivity index is 2.00. The molecule has 0 saturated heterocycles. The van der Waals surface area contributed by atoms with Gasteiger partial charge in [0.25, 0.3) is 5.91 Å². The van der Waals surface area contributed by atoms with Crippen molar-refractivity contribution in [2.75, 3.05) is 5.32 Å². The van der Waals surface area contributed by atoms with Gasteiger partial charge in [0.2, 0.25) is 0 Å². The summed E-state index contributed by atoms with van der Waals surface area (Å²) in [6, 6.07) is 12.2. The maximum Gasteiger partial charge on any atom is 0.366 e. The molecule has 152 valence electrons. The van der Waals surface area contributed by atoms with E-state index in [4.69, 9.17) is 4.52 Å². The Hall–Kier alpha value is -2.99. The molecular formula is C23H26N2O4. The van der Waals surface area contributed by atoms with Crippen LogP contribution in [0.2, 0.25) is 0 Å². The summed E-state index contributed by atoms with van der Waals surface area (Å²) in [5.41, 5.74) is 0.0615. The maximum absolute atomic E-state index is 13.2. The summed E-state index contributed by atoms with van der Waals surface area (Å²) < 4.78 is 4.74. The van der Waals surface area contributed by atoms with Gasteiger partial charge < -0.3 is 14.9 Å². The molecule has 0 saturated carbocycles. The topological polar surface area (TPSA) is 92.4 Å². The third kappa shape index (κ3) is 4.38. The summed E-state index contributed by atoms with van der Waals surface area (Å²) in [5, 5.41) is 19.0. The number of aliphatic hydroxyl groups is 1. The van der Waals surface area contributed by atoms with E-state index in [1.165, 1.54) is 0 Å². The SMILES string of the molecule is Cc1ccc(C(O)(CC(C)(C)C)C(=O)Nc2ccc3c(=O)onc(C)c3c2)cc1. The Bertz CT molecular complexity index is 1110. The predicted octanol–water partition coefficient (Wildman–Crippen LogP) is 4.07. The van der Waals surface area contributed by atoms with Crippen LogP contribution in [0.15, 0.2) is 51.8 Å². The molecule has 0 spiro atoms. The number of rotatable bonds is 4. The number of fused-ring (bicyclic) bond motifs is 1. The quantitative estimate of drug-likeness (QED) is 0.696. The fraction of sp³-hybridized carbons (Fsp3) is 0.348. The van der Waals surface area contributed by atoms with Crippen molar-refractivity contribution in [3.8, 4) is 0 Å². The molecule has 0 aliphatic heterocycles. The number of nitrogens with zero attached hydrogens (tertiary/aromatic N) is 1. The predicted molar refractivity (Wildman–Crippen MR) is 113 cm³/mol. The molecular weight excluding hydrogens is 368 g/mol. The molecule has 0 radical (unpaired) electrons. The van der Waals surface area contributed by atoms with Gasteiger partial charge in [0, 0.05) is 11.1 Å². The van der Waals surface area contributed by atoms with E-state index in [-0.39, 0.29) is 11.8 Å². The number of amides is 1. The fourth-order valence-electron chi connectivity index (χ4n) is 3.45. The number of carbonyl (C=O) groups excluding carboxylic acids is 1. The molecule has 0 aliphatic carbocycles. The fourth-order valence-corrected chi connectivity index (χ4v) is 3.45. The van der Waals surface area contributed by atoms with Crippen LogP contribution in [0, 0.1) is 19.3 Å². The van der Waals surface area contributed by atoms with Crippen LogP contribution in [0.25, 0.3) is 10.8 Å². The molecule has 1 atom stereocenters. The molecule has 1 amide bonds. The minimum absolute atomic E-state index is 0.243. The zero-order valence-corrected chi connectivity index (χ0v) is 17.4. The number of hydrogen-bond donors (Lipinski definition) is 2. The molecule has 1 unspecified atom stereocenters. The van der Waals surface area contributed by atoms with Crippen LogP contribution in [0.4, 0.5) is 5.69 Å². The Morgan fingerprint density at radius 2 is 1.72 bits per heavy atom. The monoisotopic (exact) mass is 394 g/mol.